The molecule has 37 heteroatoms. The van der Waals surface area contributed by atoms with Crippen molar-refractivity contribution in [1.82, 2.24) is 0 Å². The second kappa shape index (κ2) is 56.7. The number of methoxy groups -OCH3 is 3. The maximum atomic E-state index is 12.5. The second-order valence-electron chi connectivity index (χ2n) is 30.1. The van der Waals surface area contributed by atoms with E-state index in [0.29, 0.717) is 44.7 Å². The SMILES string of the molecule is COc1ccc(C)cc1C(=O)/C=C/c1ccc([N+](=O)[O-])cc1[N+](=O)[O-].COc1cccc(OC)c1C(=O)/C=C/c1ccc([N+](=O)[O-])cc1[N+](=O)[O-].Cc1ccccc1/C=C/C(=O)c1ccccc1.O=C(/C=C/c1ccc([N+](=O)[O-])cc1)c1ccccc1.O=C(/C=C/c1ccc([N+](=O)[O-])cc1[N+](=O)[O-])c1ccccc1.O=C(/C=C/c1cccc([N+](=O)[O-])c1)c1ccccc1.O=C(/C=C/c1ccccc1[N+](=O)[O-])c1ccccc1. The number of nitro benzene ring substituents is 9. The maximum absolute atomic E-state index is 12.5. The fourth-order valence-corrected chi connectivity index (χ4v) is 12.8. The third-order valence-corrected chi connectivity index (χ3v) is 20.3. The zero-order valence-corrected chi connectivity index (χ0v) is 78.4. The average molecular weight is 1980 g/mol. The van der Waals surface area contributed by atoms with E-state index in [1.54, 1.807) is 200 Å². The van der Waals surface area contributed by atoms with Crippen molar-refractivity contribution in [3.05, 3.63) is 562 Å². The van der Waals surface area contributed by atoms with Gasteiger partial charge in [-0.3, -0.25) is 125 Å². The summed E-state index contributed by atoms with van der Waals surface area (Å²) in [6.45, 7) is 3.85. The molecule has 0 bridgehead atoms. The topological polar surface area (TPSA) is 535 Å². The van der Waals surface area contributed by atoms with Gasteiger partial charge in [0.15, 0.2) is 40.5 Å². The van der Waals surface area contributed by atoms with Gasteiger partial charge in [0.2, 0.25) is 0 Å². The maximum Gasteiger partial charge on any atom is 0.283 e. The zero-order valence-electron chi connectivity index (χ0n) is 78.4. The number of non-ortho nitro benzene ring substituents is 5. The molecule has 0 radical (unpaired) electrons. The number of carbonyl (C=O) groups is 7. The van der Waals surface area contributed by atoms with Gasteiger partial charge in [0.1, 0.15) is 22.8 Å². The fraction of sp³-hybridized carbons (Fsp3) is 0.0455. The molecule has 0 aliphatic carbocycles. The van der Waals surface area contributed by atoms with E-state index in [1.807, 2.05) is 92.7 Å². The first-order valence-electron chi connectivity index (χ1n) is 43.2. The highest BCUT2D eigenvalue weighted by molar-refractivity contribution is 6.12. The largest absolute Gasteiger partial charge is 0.496 e. The summed E-state index contributed by atoms with van der Waals surface area (Å²) in [5, 5.41) is 97.3. The van der Waals surface area contributed by atoms with Crippen molar-refractivity contribution in [2.24, 2.45) is 0 Å². The molecule has 0 atom stereocenters. The average Bonchev–Trinajstić information content (AvgIpc) is 0.812. The van der Waals surface area contributed by atoms with Crippen LogP contribution in [0.5, 0.6) is 17.2 Å². The van der Waals surface area contributed by atoms with E-state index in [1.165, 1.54) is 130 Å². The predicted molar refractivity (Wildman–Crippen MR) is 553 cm³/mol. The van der Waals surface area contributed by atoms with Gasteiger partial charge in [0, 0.05) is 76.3 Å². The summed E-state index contributed by atoms with van der Waals surface area (Å²) in [4.78, 5) is 176. The van der Waals surface area contributed by atoms with Crippen LogP contribution in [0.3, 0.4) is 0 Å². The van der Waals surface area contributed by atoms with E-state index in [0.717, 1.165) is 64.7 Å². The van der Waals surface area contributed by atoms with Crippen molar-refractivity contribution >= 4 is 134 Å². The van der Waals surface area contributed by atoms with Gasteiger partial charge in [0.05, 0.1) is 112 Å². The number of para-hydroxylation sites is 1. The van der Waals surface area contributed by atoms with E-state index in [2.05, 4.69) is 0 Å². The number of nitrogens with zero attached hydrogens (tertiary/aromatic N) is 9. The van der Waals surface area contributed by atoms with Crippen molar-refractivity contribution in [3.63, 3.8) is 0 Å². The summed E-state index contributed by atoms with van der Waals surface area (Å²) in [6.07, 6.45) is 19.6. The monoisotopic (exact) mass is 1980 g/mol. The first-order chi connectivity index (χ1) is 70.5. The molecule has 0 saturated heterocycles. The van der Waals surface area contributed by atoms with Crippen molar-refractivity contribution < 1.29 is 92.1 Å². The molecule has 0 aliphatic rings. The number of hydrogen-bond donors (Lipinski definition) is 0. The summed E-state index contributed by atoms with van der Waals surface area (Å²) >= 11 is 0. The number of ether oxygens (including phenoxy) is 3. The molecule has 738 valence electrons. The normalized spacial score (nSPS) is 10.6. The van der Waals surface area contributed by atoms with Crippen LogP contribution >= 0.6 is 0 Å². The Morgan fingerprint density at radius 1 is 0.218 bits per heavy atom. The highest BCUT2D eigenvalue weighted by atomic mass is 16.7. The number of ketones is 7. The molecule has 0 fully saturated rings. The van der Waals surface area contributed by atoms with E-state index >= 15 is 0 Å². The molecule has 0 aromatic heterocycles. The Morgan fingerprint density at radius 3 is 0.850 bits per heavy atom. The van der Waals surface area contributed by atoms with Gasteiger partial charge in [-0.05, 0) is 164 Å². The Hall–Kier alpha value is -21.0. The Balaban J connectivity index is 0.000000210. The Bertz CT molecular complexity index is 7420. The molecule has 37 nitrogen and oxygen atoms in total. The Labute approximate surface area is 836 Å². The summed E-state index contributed by atoms with van der Waals surface area (Å²) in [6, 6.07) is 90.3. The lowest BCUT2D eigenvalue weighted by atomic mass is 10.0. The van der Waals surface area contributed by atoms with Gasteiger partial charge < -0.3 is 14.2 Å². The van der Waals surface area contributed by atoms with Crippen LogP contribution in [-0.4, -0.2) is 106 Å². The highest BCUT2D eigenvalue weighted by Crippen LogP contribution is 2.34. The van der Waals surface area contributed by atoms with Crippen LogP contribution in [0.25, 0.3) is 42.5 Å². The van der Waals surface area contributed by atoms with Gasteiger partial charge in [-0.1, -0.05) is 236 Å². The molecular formula is C110H85N9O28. The van der Waals surface area contributed by atoms with Gasteiger partial charge in [-0.2, -0.15) is 0 Å². The number of hydrogen-bond acceptors (Lipinski definition) is 28. The van der Waals surface area contributed by atoms with E-state index in [-0.39, 0.29) is 85.4 Å². The third-order valence-electron chi connectivity index (χ3n) is 20.3. The lowest BCUT2D eigenvalue weighted by molar-refractivity contribution is -0.394. The summed E-state index contributed by atoms with van der Waals surface area (Å²) in [5.74, 6) is -0.611. The molecule has 0 unspecified atom stereocenters. The number of aryl methyl sites for hydroxylation is 2. The molecule has 14 aromatic rings. The summed E-state index contributed by atoms with van der Waals surface area (Å²) < 4.78 is 15.4. The first kappa shape index (κ1) is 111. The van der Waals surface area contributed by atoms with Gasteiger partial charge in [-0.15, -0.1) is 0 Å². The standard InChI is InChI=1S/C17H14N2O7.C17H14N2O6.C16H14O.C15H10N2O5.3C15H11NO3/c1-25-15-4-3-5-16(26-2)17(15)14(20)9-7-11-6-8-12(18(21)22)10-13(11)19(23)24;1-11-3-8-17(25-2)14(9-11)16(20)7-5-12-4-6-13(18(21)22)10-15(12)19(23)24;1-13-7-5-6-8-14(13)11-12-16(17)15-9-3-2-4-10-15;18-15(12-4-2-1-3-5-12)9-7-11-6-8-13(16(19)20)10-14(11)17(21)22;17-15(13-7-2-1-3-8-13)11-10-12-6-4-5-9-14(12)16(18)19;17-15(13-6-2-1-3-7-13)10-9-12-5-4-8-14(11-12)16(18)19;17-15(13-4-2-1-3-5-13)11-8-12-6-9-14(10-7-12)16(18)19/h3-10H,1-2H3;3-10H,1-2H3;2-12H,1H3;1-10H;3*1-11H/b9-7+;7-5+;12-11+;9-7+;11-10+;10-9+;11-8+. The molecule has 0 saturated carbocycles. The van der Waals surface area contributed by atoms with Crippen LogP contribution in [0, 0.1) is 105 Å². The van der Waals surface area contributed by atoms with E-state index in [9.17, 15) is 125 Å². The van der Waals surface area contributed by atoms with E-state index in [4.69, 9.17) is 14.2 Å². The molecular weight excluding hydrogens is 1900 g/mol. The number of allylic oxidation sites excluding steroid dienone is 7. The van der Waals surface area contributed by atoms with Crippen LogP contribution in [0.2, 0.25) is 0 Å². The summed E-state index contributed by atoms with van der Waals surface area (Å²) in [5.41, 5.74) is 6.07. The highest BCUT2D eigenvalue weighted by Gasteiger charge is 2.24. The van der Waals surface area contributed by atoms with Gasteiger partial charge >= 0.3 is 0 Å². The smallest absolute Gasteiger partial charge is 0.283 e. The number of rotatable bonds is 33. The van der Waals surface area contributed by atoms with Crippen molar-refractivity contribution in [1.29, 1.82) is 0 Å². The minimum atomic E-state index is -0.749. The molecule has 0 amide bonds. The molecule has 14 rings (SSSR count). The molecule has 0 spiro atoms. The van der Waals surface area contributed by atoms with Gasteiger partial charge in [-0.25, -0.2) is 0 Å². The van der Waals surface area contributed by atoms with Crippen molar-refractivity contribution in [2.75, 3.05) is 21.3 Å². The minimum Gasteiger partial charge on any atom is -0.496 e. The predicted octanol–water partition coefficient (Wildman–Crippen LogP) is 24.9. The Kier molecular flexibility index (Phi) is 42.9. The lowest BCUT2D eigenvalue weighted by Gasteiger charge is -2.10. The van der Waals surface area contributed by atoms with Crippen LogP contribution in [0.1, 0.15) is 123 Å². The quantitative estimate of drug-likeness (QED) is 0.0159. The Morgan fingerprint density at radius 2 is 0.503 bits per heavy atom. The second-order valence-corrected chi connectivity index (χ2v) is 30.1. The number of carbonyl (C=O) groups excluding carboxylic acids is 7. The third kappa shape index (κ3) is 35.1. The zero-order chi connectivity index (χ0) is 107. The molecule has 0 aliphatic heterocycles. The lowest BCUT2D eigenvalue weighted by Crippen LogP contribution is -2.02. The van der Waals surface area contributed by atoms with Crippen LogP contribution in [-0.2, 0) is 0 Å². The number of benzene rings is 14. The van der Waals surface area contributed by atoms with Crippen molar-refractivity contribution in [3.8, 4) is 17.2 Å². The van der Waals surface area contributed by atoms with Crippen LogP contribution in [0.15, 0.2) is 382 Å². The van der Waals surface area contributed by atoms with Crippen molar-refractivity contribution in [2.45, 2.75) is 13.8 Å². The summed E-state index contributed by atoms with van der Waals surface area (Å²) in [7, 11) is 4.24. The number of nitro groups is 9. The molecule has 0 N–H and O–H groups in total. The fourth-order valence-electron chi connectivity index (χ4n) is 12.8. The molecule has 147 heavy (non-hydrogen) atoms. The van der Waals surface area contributed by atoms with Gasteiger partial charge in [0.25, 0.3) is 51.2 Å². The first-order valence-corrected chi connectivity index (χ1v) is 43.2. The molecule has 14 aromatic carbocycles. The molecule has 0 heterocycles. The van der Waals surface area contributed by atoms with Crippen LogP contribution < -0.4 is 14.2 Å². The van der Waals surface area contributed by atoms with E-state index < -0.39 is 84.3 Å². The van der Waals surface area contributed by atoms with Crippen LogP contribution in [0.4, 0.5) is 51.2 Å². The minimum absolute atomic E-state index is 0.00862.